The van der Waals surface area contributed by atoms with Gasteiger partial charge in [-0.2, -0.15) is 0 Å². The van der Waals surface area contributed by atoms with Crippen molar-refractivity contribution in [1.82, 2.24) is 9.78 Å². The quantitative estimate of drug-likeness (QED) is 0.586. The van der Waals surface area contributed by atoms with Gasteiger partial charge in [0.15, 0.2) is 0 Å². The third-order valence-electron chi connectivity index (χ3n) is 4.40. The van der Waals surface area contributed by atoms with E-state index in [1.165, 1.54) is 16.8 Å². The Balaban J connectivity index is 2.17. The first-order valence-electron chi connectivity index (χ1n) is 9.58. The van der Waals surface area contributed by atoms with E-state index in [1.807, 2.05) is 0 Å². The van der Waals surface area contributed by atoms with Gasteiger partial charge in [0.2, 0.25) is 5.88 Å². The van der Waals surface area contributed by atoms with Gasteiger partial charge in [0.05, 0.1) is 29.6 Å². The Labute approximate surface area is 158 Å². The van der Waals surface area contributed by atoms with Crippen LogP contribution in [0, 0.1) is 5.82 Å². The van der Waals surface area contributed by atoms with Crippen molar-refractivity contribution < 1.29 is 19.3 Å². The van der Waals surface area contributed by atoms with Gasteiger partial charge in [-0.3, -0.25) is 4.79 Å². The molecule has 0 aliphatic heterocycles. The Morgan fingerprint density at radius 3 is 2.44 bits per heavy atom. The molecule has 27 heavy (non-hydrogen) atoms. The number of ether oxygens (including phenoxy) is 1. The average molecular weight is 380 g/mol. The standard InChI is InChI=1S/C20H29FN2O4/c1-14(24)8-3-5-12-23-20(26)18-16(10-7-11-17(18)21)19(22-23)27-13-6-4-9-15(2)25/h7,10-11,14-15,24-25H,3-6,8-9,12-13H2,1-2H3/t14-,15-/m1/s1. The van der Waals surface area contributed by atoms with Crippen LogP contribution in [0.4, 0.5) is 4.39 Å². The van der Waals surface area contributed by atoms with Crippen LogP contribution < -0.4 is 10.3 Å². The molecule has 2 aromatic rings. The number of halogens is 1. The van der Waals surface area contributed by atoms with Crippen molar-refractivity contribution in [2.24, 2.45) is 0 Å². The van der Waals surface area contributed by atoms with Gasteiger partial charge in [0, 0.05) is 6.54 Å². The van der Waals surface area contributed by atoms with Crippen LogP contribution in [0.25, 0.3) is 10.8 Å². The highest BCUT2D eigenvalue weighted by Gasteiger charge is 2.15. The number of benzene rings is 1. The Kier molecular flexibility index (Phi) is 8.19. The Hall–Kier alpha value is -1.99. The summed E-state index contributed by atoms with van der Waals surface area (Å²) in [6.45, 7) is 4.19. The molecule has 0 amide bonds. The zero-order chi connectivity index (χ0) is 19.8. The van der Waals surface area contributed by atoms with E-state index in [0.717, 1.165) is 19.3 Å². The van der Waals surface area contributed by atoms with Crippen molar-refractivity contribution in [3.05, 3.63) is 34.4 Å². The molecule has 2 rings (SSSR count). The predicted octanol–water partition coefficient (Wildman–Crippen LogP) is 3.02. The van der Waals surface area contributed by atoms with Crippen LogP contribution in [0.3, 0.4) is 0 Å². The van der Waals surface area contributed by atoms with E-state index in [4.69, 9.17) is 4.74 Å². The van der Waals surface area contributed by atoms with Crippen molar-refractivity contribution in [3.8, 4) is 5.88 Å². The summed E-state index contributed by atoms with van der Waals surface area (Å²) in [7, 11) is 0. The molecule has 1 heterocycles. The summed E-state index contributed by atoms with van der Waals surface area (Å²) >= 11 is 0. The van der Waals surface area contributed by atoms with Crippen LogP contribution in [0.5, 0.6) is 5.88 Å². The summed E-state index contributed by atoms with van der Waals surface area (Å²) in [5, 5.41) is 23.3. The van der Waals surface area contributed by atoms with Gasteiger partial charge in [-0.15, -0.1) is 5.10 Å². The van der Waals surface area contributed by atoms with Gasteiger partial charge in [-0.1, -0.05) is 6.07 Å². The highest BCUT2D eigenvalue weighted by atomic mass is 19.1. The smallest absolute Gasteiger partial charge is 0.277 e. The van der Waals surface area contributed by atoms with Crippen molar-refractivity contribution >= 4 is 10.8 Å². The van der Waals surface area contributed by atoms with Gasteiger partial charge in [0.25, 0.3) is 5.56 Å². The number of aliphatic hydroxyl groups is 2. The summed E-state index contributed by atoms with van der Waals surface area (Å²) in [4.78, 5) is 12.6. The number of rotatable bonds is 11. The van der Waals surface area contributed by atoms with Crippen LogP contribution in [-0.2, 0) is 6.54 Å². The number of hydrogen-bond acceptors (Lipinski definition) is 5. The first-order chi connectivity index (χ1) is 12.9. The van der Waals surface area contributed by atoms with Gasteiger partial charge in [-0.25, -0.2) is 9.07 Å². The number of fused-ring (bicyclic) bond motifs is 1. The molecule has 150 valence electrons. The molecule has 0 saturated heterocycles. The molecule has 0 bridgehead atoms. The van der Waals surface area contributed by atoms with Crippen molar-refractivity contribution in [2.75, 3.05) is 6.61 Å². The fourth-order valence-corrected chi connectivity index (χ4v) is 2.93. The van der Waals surface area contributed by atoms with Gasteiger partial charge in [0.1, 0.15) is 5.82 Å². The molecule has 2 atom stereocenters. The fraction of sp³-hybridized carbons (Fsp3) is 0.600. The van der Waals surface area contributed by atoms with E-state index >= 15 is 0 Å². The monoisotopic (exact) mass is 380 g/mol. The lowest BCUT2D eigenvalue weighted by molar-refractivity contribution is 0.176. The van der Waals surface area contributed by atoms with E-state index in [0.29, 0.717) is 37.8 Å². The number of aromatic nitrogens is 2. The van der Waals surface area contributed by atoms with Crippen LogP contribution in [0.1, 0.15) is 52.4 Å². The molecule has 0 unspecified atom stereocenters. The number of aliphatic hydroxyl groups excluding tert-OH is 2. The molecular weight excluding hydrogens is 351 g/mol. The first-order valence-corrected chi connectivity index (χ1v) is 9.58. The van der Waals surface area contributed by atoms with Gasteiger partial charge in [-0.05, 0) is 64.5 Å². The Morgan fingerprint density at radius 2 is 1.78 bits per heavy atom. The van der Waals surface area contributed by atoms with E-state index in [2.05, 4.69) is 5.10 Å². The zero-order valence-corrected chi connectivity index (χ0v) is 16.0. The second-order valence-electron chi connectivity index (χ2n) is 7.03. The van der Waals surface area contributed by atoms with Crippen LogP contribution in [-0.4, -0.2) is 38.8 Å². The lowest BCUT2D eigenvalue weighted by Crippen LogP contribution is -2.25. The third kappa shape index (κ3) is 6.29. The summed E-state index contributed by atoms with van der Waals surface area (Å²) in [5.74, 6) is -0.340. The molecular formula is C20H29FN2O4. The molecule has 0 spiro atoms. The minimum Gasteiger partial charge on any atom is -0.476 e. The number of nitrogens with zero attached hydrogens (tertiary/aromatic N) is 2. The maximum atomic E-state index is 14.3. The summed E-state index contributed by atoms with van der Waals surface area (Å²) in [6, 6.07) is 4.43. The maximum Gasteiger partial charge on any atom is 0.277 e. The topological polar surface area (TPSA) is 84.6 Å². The van der Waals surface area contributed by atoms with E-state index in [9.17, 15) is 19.4 Å². The summed E-state index contributed by atoms with van der Waals surface area (Å²) in [5.41, 5.74) is -0.471. The molecule has 0 fully saturated rings. The van der Waals surface area contributed by atoms with Crippen LogP contribution >= 0.6 is 0 Å². The van der Waals surface area contributed by atoms with Crippen LogP contribution in [0.2, 0.25) is 0 Å². The fourth-order valence-electron chi connectivity index (χ4n) is 2.93. The Morgan fingerprint density at radius 1 is 1.11 bits per heavy atom. The van der Waals surface area contributed by atoms with Crippen LogP contribution in [0.15, 0.2) is 23.0 Å². The van der Waals surface area contributed by atoms with Crippen molar-refractivity contribution in [2.45, 2.75) is 71.1 Å². The molecule has 0 radical (unpaired) electrons. The van der Waals surface area contributed by atoms with Crippen molar-refractivity contribution in [1.29, 1.82) is 0 Å². The largest absolute Gasteiger partial charge is 0.476 e. The maximum absolute atomic E-state index is 14.3. The van der Waals surface area contributed by atoms with E-state index in [1.54, 1.807) is 19.9 Å². The Bertz CT molecular complexity index is 789. The van der Waals surface area contributed by atoms with Gasteiger partial charge >= 0.3 is 0 Å². The second-order valence-corrected chi connectivity index (χ2v) is 7.03. The number of unbranched alkanes of at least 4 members (excludes halogenated alkanes) is 2. The third-order valence-corrected chi connectivity index (χ3v) is 4.40. The predicted molar refractivity (Wildman–Crippen MR) is 103 cm³/mol. The molecule has 2 N–H and O–H groups in total. The lowest BCUT2D eigenvalue weighted by Gasteiger charge is -2.13. The average Bonchev–Trinajstić information content (AvgIpc) is 2.60. The summed E-state index contributed by atoms with van der Waals surface area (Å²) in [6.07, 6.45) is 3.55. The van der Waals surface area contributed by atoms with Gasteiger partial charge < -0.3 is 14.9 Å². The molecule has 0 saturated carbocycles. The van der Waals surface area contributed by atoms with Crippen molar-refractivity contribution in [3.63, 3.8) is 0 Å². The molecule has 6 nitrogen and oxygen atoms in total. The molecule has 7 heteroatoms. The molecule has 0 aliphatic carbocycles. The highest BCUT2D eigenvalue weighted by molar-refractivity contribution is 5.86. The second kappa shape index (κ2) is 10.4. The molecule has 0 aliphatic rings. The number of aryl methyl sites for hydroxylation is 1. The zero-order valence-electron chi connectivity index (χ0n) is 16.0. The minimum atomic E-state index is -0.586. The highest BCUT2D eigenvalue weighted by Crippen LogP contribution is 2.23. The molecule has 1 aromatic heterocycles. The van der Waals surface area contributed by atoms with E-state index < -0.39 is 11.4 Å². The first kappa shape index (κ1) is 21.3. The normalized spacial score (nSPS) is 13.7. The van der Waals surface area contributed by atoms with E-state index in [-0.39, 0.29) is 23.5 Å². The number of hydrogen-bond donors (Lipinski definition) is 2. The minimum absolute atomic E-state index is 0.0120. The lowest BCUT2D eigenvalue weighted by atomic mass is 10.1. The SMILES string of the molecule is C[C@@H](O)CCCCOc1nn(CCCC[C@@H](C)O)c(=O)c2c(F)cccc12. The molecule has 1 aromatic carbocycles. The summed E-state index contributed by atoms with van der Waals surface area (Å²) < 4.78 is 21.3.